The van der Waals surface area contributed by atoms with Gasteiger partial charge < -0.3 is 37.1 Å². The van der Waals surface area contributed by atoms with E-state index in [1.807, 2.05) is 13.8 Å². The Morgan fingerprint density at radius 3 is 2.33 bits per heavy atom. The summed E-state index contributed by atoms with van der Waals surface area (Å²) in [6.45, 7) is 5.41. The Balaban J connectivity index is 3.34. The zero-order chi connectivity index (χ0) is 22.8. The van der Waals surface area contributed by atoms with Crippen LogP contribution in [0, 0.1) is 17.8 Å². The molecule has 1 aliphatic rings. The molecule has 0 aromatic carbocycles. The van der Waals surface area contributed by atoms with Crippen molar-refractivity contribution in [3.63, 3.8) is 0 Å². The largest absolute Gasteiger partial charge is 0.481 e. The highest BCUT2D eigenvalue weighted by Gasteiger charge is 2.53. The Bertz CT molecular complexity index is 621. The van der Waals surface area contributed by atoms with Crippen molar-refractivity contribution in [2.24, 2.45) is 34.2 Å². The Morgan fingerprint density at radius 1 is 1.23 bits per heavy atom. The van der Waals surface area contributed by atoms with Gasteiger partial charge in [-0.15, -0.1) is 0 Å². The summed E-state index contributed by atoms with van der Waals surface area (Å²) in [7, 11) is 0. The topological polar surface area (TPSA) is 189 Å². The average molecular weight is 430 g/mol. The molecule has 172 valence electrons. The smallest absolute Gasteiger partial charge is 0.407 e. The number of aliphatic hydroxyl groups excluding tert-OH is 1. The molecule has 0 aromatic heterocycles. The molecule has 30 heavy (non-hydrogen) atoms. The van der Waals surface area contributed by atoms with Gasteiger partial charge in [-0.1, -0.05) is 26.7 Å². The van der Waals surface area contributed by atoms with Gasteiger partial charge in [0.2, 0.25) is 5.91 Å². The van der Waals surface area contributed by atoms with Crippen LogP contribution in [0.1, 0.15) is 46.5 Å². The molecule has 0 heterocycles. The first-order valence-electron chi connectivity index (χ1n) is 10.3. The van der Waals surface area contributed by atoms with Gasteiger partial charge in [-0.2, -0.15) is 0 Å². The van der Waals surface area contributed by atoms with Gasteiger partial charge in [-0.3, -0.25) is 9.59 Å². The van der Waals surface area contributed by atoms with Crippen LogP contribution in [0.2, 0.25) is 0 Å². The Morgan fingerprint density at radius 2 is 1.87 bits per heavy atom. The number of ether oxygens (including phenoxy) is 1. The molecular weight excluding hydrogens is 394 g/mol. The molecule has 1 fully saturated rings. The molecule has 0 unspecified atom stereocenters. The third kappa shape index (κ3) is 7.05. The van der Waals surface area contributed by atoms with E-state index in [4.69, 9.17) is 21.3 Å². The summed E-state index contributed by atoms with van der Waals surface area (Å²) < 4.78 is 5.54. The van der Waals surface area contributed by atoms with E-state index in [9.17, 15) is 19.5 Å². The highest BCUT2D eigenvalue weighted by molar-refractivity contribution is 5.77. The summed E-state index contributed by atoms with van der Waals surface area (Å²) in [6.07, 6.45) is 0.0234. The van der Waals surface area contributed by atoms with Crippen LogP contribution in [-0.2, 0) is 14.3 Å². The van der Waals surface area contributed by atoms with Crippen molar-refractivity contribution in [2.45, 2.75) is 64.6 Å². The van der Waals surface area contributed by atoms with Crippen molar-refractivity contribution in [1.29, 1.82) is 0 Å². The Labute approximate surface area is 176 Å². The monoisotopic (exact) mass is 429 g/mol. The SMILES string of the molecule is CCC(CC)[C@H](NC(C)=O)[C@@H]1[C@H](OC(=O)NCCCO)[C@@H](C(=O)O)C[C@H]1N=C(N)N. The van der Waals surface area contributed by atoms with E-state index < -0.39 is 42.1 Å². The number of carboxylic acids is 1. The third-order valence-electron chi connectivity index (χ3n) is 5.54. The van der Waals surface area contributed by atoms with Crippen LogP contribution in [0.3, 0.4) is 0 Å². The fraction of sp³-hybridized carbons (Fsp3) is 0.789. The molecule has 0 spiro atoms. The molecule has 2 amide bonds. The van der Waals surface area contributed by atoms with E-state index in [2.05, 4.69) is 15.6 Å². The number of aliphatic hydroxyl groups is 1. The number of hydrogen-bond acceptors (Lipinski definition) is 6. The van der Waals surface area contributed by atoms with Crippen LogP contribution in [0.25, 0.3) is 0 Å². The zero-order valence-electron chi connectivity index (χ0n) is 17.8. The lowest BCUT2D eigenvalue weighted by atomic mass is 9.80. The molecule has 11 nitrogen and oxygen atoms in total. The van der Waals surface area contributed by atoms with Gasteiger partial charge in [0.1, 0.15) is 6.10 Å². The van der Waals surface area contributed by atoms with E-state index >= 15 is 0 Å². The fourth-order valence-corrected chi connectivity index (χ4v) is 4.21. The predicted molar refractivity (Wildman–Crippen MR) is 110 cm³/mol. The van der Waals surface area contributed by atoms with E-state index in [0.29, 0.717) is 6.42 Å². The number of carboxylic acid groups (broad SMARTS) is 1. The van der Waals surface area contributed by atoms with E-state index in [1.165, 1.54) is 6.92 Å². The molecule has 1 saturated carbocycles. The van der Waals surface area contributed by atoms with Crippen LogP contribution in [-0.4, -0.2) is 65.5 Å². The summed E-state index contributed by atoms with van der Waals surface area (Å²) in [4.78, 5) is 40.4. The minimum absolute atomic E-state index is 0.00620. The van der Waals surface area contributed by atoms with Crippen molar-refractivity contribution >= 4 is 23.9 Å². The van der Waals surface area contributed by atoms with Crippen molar-refractivity contribution < 1.29 is 29.3 Å². The number of nitrogens with two attached hydrogens (primary N) is 2. The summed E-state index contributed by atoms with van der Waals surface area (Å²) in [5, 5.41) is 24.0. The molecule has 1 aliphatic carbocycles. The van der Waals surface area contributed by atoms with Crippen LogP contribution in [0.4, 0.5) is 4.79 Å². The molecule has 8 N–H and O–H groups in total. The highest BCUT2D eigenvalue weighted by Crippen LogP contribution is 2.41. The first kappa shape index (κ1) is 25.5. The van der Waals surface area contributed by atoms with Crippen molar-refractivity contribution in [3.8, 4) is 0 Å². The zero-order valence-corrected chi connectivity index (χ0v) is 17.8. The standard InChI is InChI=1S/C19H35N5O6/c1-4-11(5-2)15(23-10(3)26)14-13(24-18(20)21)9-12(17(27)28)16(14)30-19(29)22-7-6-8-25/h11-16,25H,4-9H2,1-3H3,(H,22,29)(H,23,26)(H,27,28)(H4,20,21,24)/t12-,13+,14+,15-,16+/m0/s1. The van der Waals surface area contributed by atoms with Gasteiger partial charge in [0, 0.05) is 32.0 Å². The first-order chi connectivity index (χ1) is 14.2. The molecule has 0 aliphatic heterocycles. The van der Waals surface area contributed by atoms with Crippen LogP contribution in [0.5, 0.6) is 0 Å². The maximum atomic E-state index is 12.3. The maximum Gasteiger partial charge on any atom is 0.407 e. The second kappa shape index (κ2) is 12.2. The number of aliphatic imine (C=N–C) groups is 1. The molecule has 0 bridgehead atoms. The number of guanidine groups is 1. The van der Waals surface area contributed by atoms with Crippen LogP contribution in [0.15, 0.2) is 4.99 Å². The molecule has 5 atom stereocenters. The van der Waals surface area contributed by atoms with Gasteiger partial charge in [0.25, 0.3) is 0 Å². The quantitative estimate of drug-likeness (QED) is 0.147. The molecule has 0 saturated heterocycles. The summed E-state index contributed by atoms with van der Waals surface area (Å²) in [5.41, 5.74) is 11.2. The lowest BCUT2D eigenvalue weighted by Gasteiger charge is -2.36. The lowest BCUT2D eigenvalue weighted by Crippen LogP contribution is -2.52. The summed E-state index contributed by atoms with van der Waals surface area (Å²) >= 11 is 0. The van der Waals surface area contributed by atoms with Crippen LogP contribution < -0.4 is 22.1 Å². The fourth-order valence-electron chi connectivity index (χ4n) is 4.21. The van der Waals surface area contributed by atoms with Gasteiger partial charge >= 0.3 is 12.1 Å². The number of amides is 2. The van der Waals surface area contributed by atoms with Gasteiger partial charge in [0.15, 0.2) is 5.96 Å². The second-order valence-corrected chi connectivity index (χ2v) is 7.56. The van der Waals surface area contributed by atoms with Gasteiger partial charge in [-0.25, -0.2) is 9.79 Å². The van der Waals surface area contributed by atoms with Gasteiger partial charge in [0.05, 0.1) is 12.0 Å². The number of carbonyl (C=O) groups is 3. The highest BCUT2D eigenvalue weighted by atomic mass is 16.6. The number of aliphatic carboxylic acids is 1. The predicted octanol–water partition coefficient (Wildman–Crippen LogP) is -0.233. The third-order valence-corrected chi connectivity index (χ3v) is 5.54. The average Bonchev–Trinajstić information content (AvgIpc) is 2.98. The van der Waals surface area contributed by atoms with Crippen molar-refractivity contribution in [3.05, 3.63) is 0 Å². The molecule has 0 aromatic rings. The number of hydrogen-bond donors (Lipinski definition) is 6. The normalized spacial score (nSPS) is 24.2. The minimum Gasteiger partial charge on any atom is -0.481 e. The van der Waals surface area contributed by atoms with Crippen molar-refractivity contribution in [1.82, 2.24) is 10.6 Å². The number of rotatable bonds is 11. The van der Waals surface area contributed by atoms with Crippen molar-refractivity contribution in [2.75, 3.05) is 13.2 Å². The molecule has 1 rings (SSSR count). The first-order valence-corrected chi connectivity index (χ1v) is 10.3. The second-order valence-electron chi connectivity index (χ2n) is 7.56. The Hall–Kier alpha value is -2.56. The number of alkyl carbamates (subject to hydrolysis) is 1. The molecule has 11 heteroatoms. The summed E-state index contributed by atoms with van der Waals surface area (Å²) in [5.74, 6) is -3.25. The van der Waals surface area contributed by atoms with E-state index in [-0.39, 0.29) is 37.4 Å². The Kier molecular flexibility index (Phi) is 10.4. The summed E-state index contributed by atoms with van der Waals surface area (Å²) in [6, 6.07) is -1.12. The van der Waals surface area contributed by atoms with Crippen LogP contribution >= 0.6 is 0 Å². The number of nitrogens with one attached hydrogen (secondary N) is 2. The number of carbonyl (C=O) groups excluding carboxylic acids is 2. The van der Waals surface area contributed by atoms with Gasteiger partial charge in [-0.05, 0) is 18.8 Å². The van der Waals surface area contributed by atoms with E-state index in [1.54, 1.807) is 0 Å². The van der Waals surface area contributed by atoms with E-state index in [0.717, 1.165) is 12.8 Å². The molecular formula is C19H35N5O6. The lowest BCUT2D eigenvalue weighted by molar-refractivity contribution is -0.145. The maximum absolute atomic E-state index is 12.3. The number of nitrogens with zero attached hydrogens (tertiary/aromatic N) is 1. The molecule has 0 radical (unpaired) electrons. The minimum atomic E-state index is -1.13.